The Morgan fingerprint density at radius 3 is 2.28 bits per heavy atom. The van der Waals surface area contributed by atoms with Crippen LogP contribution in [0.5, 0.6) is 0 Å². The molecule has 0 spiro atoms. The van der Waals surface area contributed by atoms with E-state index in [4.69, 9.17) is 5.14 Å². The second-order valence-corrected chi connectivity index (χ2v) is 7.92. The maximum absolute atomic E-state index is 11.5. The highest BCUT2D eigenvalue weighted by atomic mass is 35.5. The normalized spacial score (nSPS) is 11.3. The minimum absolute atomic E-state index is 0. The summed E-state index contributed by atoms with van der Waals surface area (Å²) in [6, 6.07) is 15.8. The molecule has 0 radical (unpaired) electrons. The molecule has 2 heterocycles. The van der Waals surface area contributed by atoms with Gasteiger partial charge in [-0.25, -0.2) is 23.5 Å². The number of halogens is 1. The predicted molar refractivity (Wildman–Crippen MR) is 115 cm³/mol. The van der Waals surface area contributed by atoms with Crippen molar-refractivity contribution in [2.75, 3.05) is 5.32 Å². The zero-order valence-electron chi connectivity index (χ0n) is 15.7. The maximum Gasteiger partial charge on any atom is 0.238 e. The standard InChI is InChI=1S/C19H18N6O2S.ClH/c1-12-16-17(25(2)24-12)19(23-18(22-16)13-6-4-3-5-7-13)21-14-8-10-15(11-9-14)28(20,26)27;/h3-11H,1-2H3,(H2,20,26,27)(H,21,22,23);1H. The molecule has 3 N–H and O–H groups in total. The van der Waals surface area contributed by atoms with Crippen LogP contribution < -0.4 is 10.5 Å². The first-order valence-electron chi connectivity index (χ1n) is 8.49. The van der Waals surface area contributed by atoms with Gasteiger partial charge in [-0.15, -0.1) is 12.4 Å². The van der Waals surface area contributed by atoms with E-state index in [9.17, 15) is 8.42 Å². The zero-order valence-corrected chi connectivity index (χ0v) is 17.3. The Hall–Kier alpha value is -3.01. The van der Waals surface area contributed by atoms with Crippen LogP contribution in [0.1, 0.15) is 5.69 Å². The third kappa shape index (κ3) is 4.07. The summed E-state index contributed by atoms with van der Waals surface area (Å²) in [5.41, 5.74) is 3.86. The van der Waals surface area contributed by atoms with Gasteiger partial charge in [0.15, 0.2) is 11.6 Å². The second-order valence-electron chi connectivity index (χ2n) is 6.36. The average Bonchev–Trinajstić information content (AvgIpc) is 2.96. The molecule has 0 aliphatic rings. The van der Waals surface area contributed by atoms with Crippen LogP contribution in [0.4, 0.5) is 11.5 Å². The molecule has 0 fully saturated rings. The van der Waals surface area contributed by atoms with E-state index in [1.807, 2.05) is 44.3 Å². The SMILES string of the molecule is Cc1nn(C)c2c(Nc3ccc(S(N)(=O)=O)cc3)nc(-c3ccccc3)nc12.Cl. The number of fused-ring (bicyclic) bond motifs is 1. The first kappa shape index (κ1) is 20.7. The average molecular weight is 431 g/mol. The zero-order chi connectivity index (χ0) is 19.9. The number of aryl methyl sites for hydroxylation is 2. The van der Waals surface area contributed by atoms with Gasteiger partial charge in [-0.2, -0.15) is 5.10 Å². The molecule has 0 aliphatic heterocycles. The fraction of sp³-hybridized carbons (Fsp3) is 0.105. The van der Waals surface area contributed by atoms with Crippen molar-refractivity contribution in [3.8, 4) is 11.4 Å². The molecule has 29 heavy (non-hydrogen) atoms. The third-order valence-electron chi connectivity index (χ3n) is 4.33. The molecule has 0 saturated carbocycles. The molecule has 8 nitrogen and oxygen atoms in total. The number of primary sulfonamides is 1. The number of anilines is 2. The van der Waals surface area contributed by atoms with Crippen LogP contribution in [0.2, 0.25) is 0 Å². The van der Waals surface area contributed by atoms with Gasteiger partial charge < -0.3 is 5.32 Å². The Kier molecular flexibility index (Phi) is 5.56. The second kappa shape index (κ2) is 7.78. The number of rotatable bonds is 4. The molecular weight excluding hydrogens is 412 g/mol. The largest absolute Gasteiger partial charge is 0.338 e. The molecule has 2 aromatic heterocycles. The molecule has 0 aliphatic carbocycles. The smallest absolute Gasteiger partial charge is 0.238 e. The summed E-state index contributed by atoms with van der Waals surface area (Å²) in [5.74, 6) is 1.16. The van der Waals surface area contributed by atoms with Crippen LogP contribution >= 0.6 is 12.4 Å². The number of nitrogens with zero attached hydrogens (tertiary/aromatic N) is 4. The van der Waals surface area contributed by atoms with Crippen LogP contribution in [-0.4, -0.2) is 28.2 Å². The van der Waals surface area contributed by atoms with Gasteiger partial charge in [0.2, 0.25) is 10.0 Å². The monoisotopic (exact) mass is 430 g/mol. The van der Waals surface area contributed by atoms with E-state index in [2.05, 4.69) is 20.4 Å². The Labute approximate surface area is 174 Å². The minimum atomic E-state index is -3.74. The van der Waals surface area contributed by atoms with Crippen molar-refractivity contribution in [1.82, 2.24) is 19.7 Å². The van der Waals surface area contributed by atoms with E-state index in [0.29, 0.717) is 17.3 Å². The molecule has 4 aromatic rings. The Balaban J connectivity index is 0.00000240. The van der Waals surface area contributed by atoms with Crippen molar-refractivity contribution in [2.45, 2.75) is 11.8 Å². The van der Waals surface area contributed by atoms with Gasteiger partial charge in [-0.05, 0) is 31.2 Å². The molecule has 0 unspecified atom stereocenters. The van der Waals surface area contributed by atoms with Crippen LogP contribution in [0.15, 0.2) is 59.5 Å². The number of sulfonamides is 1. The Bertz CT molecular complexity index is 1270. The van der Waals surface area contributed by atoms with E-state index in [1.54, 1.807) is 16.8 Å². The number of nitrogens with one attached hydrogen (secondary N) is 1. The number of hydrogen-bond donors (Lipinski definition) is 2. The molecule has 4 rings (SSSR count). The van der Waals surface area contributed by atoms with Crippen molar-refractivity contribution < 1.29 is 8.42 Å². The highest BCUT2D eigenvalue weighted by molar-refractivity contribution is 7.89. The van der Waals surface area contributed by atoms with Crippen LogP contribution in [0.3, 0.4) is 0 Å². The fourth-order valence-electron chi connectivity index (χ4n) is 3.00. The van der Waals surface area contributed by atoms with E-state index in [-0.39, 0.29) is 17.3 Å². The lowest BCUT2D eigenvalue weighted by molar-refractivity contribution is 0.598. The quantitative estimate of drug-likeness (QED) is 0.513. The van der Waals surface area contributed by atoms with Gasteiger partial charge in [-0.3, -0.25) is 4.68 Å². The summed E-state index contributed by atoms with van der Waals surface area (Å²) in [4.78, 5) is 9.42. The maximum atomic E-state index is 11.5. The van der Waals surface area contributed by atoms with Gasteiger partial charge in [0.25, 0.3) is 0 Å². The third-order valence-corrected chi connectivity index (χ3v) is 5.26. The van der Waals surface area contributed by atoms with Crippen molar-refractivity contribution in [2.24, 2.45) is 12.2 Å². The highest BCUT2D eigenvalue weighted by Gasteiger charge is 2.16. The number of aromatic nitrogens is 4. The summed E-state index contributed by atoms with van der Waals surface area (Å²) >= 11 is 0. The molecule has 0 bridgehead atoms. The van der Waals surface area contributed by atoms with E-state index in [1.165, 1.54) is 12.1 Å². The highest BCUT2D eigenvalue weighted by Crippen LogP contribution is 2.29. The summed E-state index contributed by atoms with van der Waals surface area (Å²) < 4.78 is 24.6. The number of benzene rings is 2. The summed E-state index contributed by atoms with van der Waals surface area (Å²) in [7, 11) is -1.91. The van der Waals surface area contributed by atoms with Crippen molar-refractivity contribution in [3.05, 3.63) is 60.3 Å². The van der Waals surface area contributed by atoms with E-state index < -0.39 is 10.0 Å². The van der Waals surface area contributed by atoms with Crippen LogP contribution in [0, 0.1) is 6.92 Å². The summed E-state index contributed by atoms with van der Waals surface area (Å²) in [5, 5.41) is 12.9. The van der Waals surface area contributed by atoms with Gasteiger partial charge >= 0.3 is 0 Å². The molecule has 0 atom stereocenters. The van der Waals surface area contributed by atoms with Crippen molar-refractivity contribution in [1.29, 1.82) is 0 Å². The van der Waals surface area contributed by atoms with Crippen molar-refractivity contribution >= 4 is 45.0 Å². The molecule has 2 aromatic carbocycles. The van der Waals surface area contributed by atoms with Crippen molar-refractivity contribution in [3.63, 3.8) is 0 Å². The lowest BCUT2D eigenvalue weighted by atomic mass is 10.2. The predicted octanol–water partition coefficient (Wildman–Crippen LogP) is 3.15. The lowest BCUT2D eigenvalue weighted by Gasteiger charge is -2.10. The number of nitrogens with two attached hydrogens (primary N) is 1. The summed E-state index contributed by atoms with van der Waals surface area (Å²) in [6.45, 7) is 1.90. The van der Waals surface area contributed by atoms with Gasteiger partial charge in [0, 0.05) is 18.3 Å². The summed E-state index contributed by atoms with van der Waals surface area (Å²) in [6.07, 6.45) is 0. The number of hydrogen-bond acceptors (Lipinski definition) is 6. The molecule has 0 amide bonds. The van der Waals surface area contributed by atoms with Gasteiger partial charge in [0.05, 0.1) is 10.6 Å². The Morgan fingerprint density at radius 1 is 1.00 bits per heavy atom. The van der Waals surface area contributed by atoms with Crippen LogP contribution in [-0.2, 0) is 17.1 Å². The molecule has 10 heteroatoms. The minimum Gasteiger partial charge on any atom is -0.338 e. The Morgan fingerprint density at radius 2 is 1.66 bits per heavy atom. The van der Waals surface area contributed by atoms with Crippen LogP contribution in [0.25, 0.3) is 22.4 Å². The topological polar surface area (TPSA) is 116 Å². The first-order valence-corrected chi connectivity index (χ1v) is 10.0. The lowest BCUT2D eigenvalue weighted by Crippen LogP contribution is -2.11. The molecule has 0 saturated heterocycles. The first-order chi connectivity index (χ1) is 13.3. The van der Waals surface area contributed by atoms with E-state index >= 15 is 0 Å². The van der Waals surface area contributed by atoms with Gasteiger partial charge in [-0.1, -0.05) is 30.3 Å². The molecule has 150 valence electrons. The van der Waals surface area contributed by atoms with Gasteiger partial charge in [0.1, 0.15) is 11.0 Å². The fourth-order valence-corrected chi connectivity index (χ4v) is 3.52. The van der Waals surface area contributed by atoms with E-state index in [0.717, 1.165) is 22.3 Å². The molecular formula is C19H19ClN6O2S.